The van der Waals surface area contributed by atoms with Crippen molar-refractivity contribution in [3.63, 3.8) is 0 Å². The Hall–Kier alpha value is -6.09. The fourth-order valence-electron chi connectivity index (χ4n) is 4.46. The SMILES string of the molecule is Cc1ccc(-c2cnc(-c3nc(-c4ncc(-c5ccccc5)cn4)nc(-c4ncc(-c5ccccc5)cn4)n3)nc2)cc1. The van der Waals surface area contributed by atoms with E-state index in [1.807, 2.05) is 72.8 Å². The summed E-state index contributed by atoms with van der Waals surface area (Å²) in [5, 5.41) is 0. The van der Waals surface area contributed by atoms with Crippen LogP contribution >= 0.6 is 0 Å². The lowest BCUT2D eigenvalue weighted by Crippen LogP contribution is -2.05. The van der Waals surface area contributed by atoms with Crippen molar-refractivity contribution in [1.29, 1.82) is 0 Å². The van der Waals surface area contributed by atoms with Crippen LogP contribution in [0.5, 0.6) is 0 Å². The van der Waals surface area contributed by atoms with Crippen LogP contribution < -0.4 is 0 Å². The summed E-state index contributed by atoms with van der Waals surface area (Å²) in [4.78, 5) is 41.4. The quantitative estimate of drug-likeness (QED) is 0.224. The van der Waals surface area contributed by atoms with Crippen LogP contribution in [-0.4, -0.2) is 44.9 Å². The summed E-state index contributed by atoms with van der Waals surface area (Å²) >= 11 is 0. The first-order valence-corrected chi connectivity index (χ1v) is 13.6. The van der Waals surface area contributed by atoms with Gasteiger partial charge in [-0.15, -0.1) is 0 Å². The van der Waals surface area contributed by atoms with Gasteiger partial charge >= 0.3 is 0 Å². The summed E-state index contributed by atoms with van der Waals surface area (Å²) in [5.74, 6) is 1.80. The Morgan fingerprint density at radius 3 is 0.930 bits per heavy atom. The fraction of sp³-hybridized carbons (Fsp3) is 0.0294. The van der Waals surface area contributed by atoms with Gasteiger partial charge in [-0.2, -0.15) is 0 Å². The van der Waals surface area contributed by atoms with Crippen molar-refractivity contribution < 1.29 is 0 Å². The lowest BCUT2D eigenvalue weighted by atomic mass is 10.1. The summed E-state index contributed by atoms with van der Waals surface area (Å²) in [5.41, 5.74) is 6.89. The maximum atomic E-state index is 4.65. The molecule has 4 heterocycles. The molecule has 7 rings (SSSR count). The first-order valence-electron chi connectivity index (χ1n) is 13.6. The molecule has 0 aliphatic carbocycles. The van der Waals surface area contributed by atoms with Crippen LogP contribution in [0.25, 0.3) is 68.3 Å². The molecule has 3 aromatic carbocycles. The van der Waals surface area contributed by atoms with E-state index in [9.17, 15) is 0 Å². The second-order valence-electron chi connectivity index (χ2n) is 9.79. The van der Waals surface area contributed by atoms with Gasteiger partial charge in [0.2, 0.25) is 17.5 Å². The highest BCUT2D eigenvalue weighted by Gasteiger charge is 2.17. The third-order valence-corrected chi connectivity index (χ3v) is 6.79. The number of benzene rings is 3. The highest BCUT2D eigenvalue weighted by molar-refractivity contribution is 5.66. The molecule has 4 aromatic heterocycles. The molecule has 7 aromatic rings. The van der Waals surface area contributed by atoms with Crippen LogP contribution in [0.2, 0.25) is 0 Å². The summed E-state index contributed by atoms with van der Waals surface area (Å²) in [6.45, 7) is 2.05. The van der Waals surface area contributed by atoms with Gasteiger partial charge in [0.25, 0.3) is 0 Å². The highest BCUT2D eigenvalue weighted by Crippen LogP contribution is 2.24. The molecular formula is C34H23N9. The minimum atomic E-state index is 0.265. The van der Waals surface area contributed by atoms with Gasteiger partial charge in [-0.3, -0.25) is 0 Å². The third kappa shape index (κ3) is 5.59. The van der Waals surface area contributed by atoms with Gasteiger partial charge in [-0.05, 0) is 23.6 Å². The van der Waals surface area contributed by atoms with E-state index in [2.05, 4.69) is 63.9 Å². The normalized spacial score (nSPS) is 10.9. The van der Waals surface area contributed by atoms with Crippen molar-refractivity contribution in [3.05, 3.63) is 128 Å². The van der Waals surface area contributed by atoms with E-state index in [0.29, 0.717) is 17.5 Å². The molecule has 9 heteroatoms. The zero-order chi connectivity index (χ0) is 29.0. The van der Waals surface area contributed by atoms with Crippen molar-refractivity contribution in [1.82, 2.24) is 44.9 Å². The molecule has 0 atom stereocenters. The van der Waals surface area contributed by atoms with Crippen LogP contribution in [0.15, 0.2) is 122 Å². The van der Waals surface area contributed by atoms with Gasteiger partial charge in [0.05, 0.1) is 0 Å². The number of hydrogen-bond acceptors (Lipinski definition) is 9. The van der Waals surface area contributed by atoms with Crippen molar-refractivity contribution in [3.8, 4) is 68.3 Å². The monoisotopic (exact) mass is 557 g/mol. The average molecular weight is 558 g/mol. The van der Waals surface area contributed by atoms with E-state index >= 15 is 0 Å². The molecule has 0 fully saturated rings. The molecule has 0 unspecified atom stereocenters. The number of aryl methyl sites for hydroxylation is 1. The van der Waals surface area contributed by atoms with Crippen LogP contribution in [0, 0.1) is 6.92 Å². The predicted molar refractivity (Wildman–Crippen MR) is 164 cm³/mol. The van der Waals surface area contributed by atoms with Crippen molar-refractivity contribution >= 4 is 0 Å². The fourth-order valence-corrected chi connectivity index (χ4v) is 4.46. The Bertz CT molecular complexity index is 1880. The van der Waals surface area contributed by atoms with E-state index in [4.69, 9.17) is 0 Å². The standard InChI is InChI=1S/C34H23N9/c1-22-12-14-25(15-13-22)28-20-39-31(40-21-28)34-42-32(29-35-16-26(17-36-29)23-8-4-2-5-9-23)41-33(43-34)30-37-18-27(19-38-30)24-10-6-3-7-11-24/h2-21H,1H3. The molecule has 0 amide bonds. The molecule has 0 saturated carbocycles. The van der Waals surface area contributed by atoms with Gasteiger partial charge in [-0.25, -0.2) is 44.9 Å². The average Bonchev–Trinajstić information content (AvgIpc) is 3.09. The summed E-state index contributed by atoms with van der Waals surface area (Å²) in [7, 11) is 0. The van der Waals surface area contributed by atoms with Crippen molar-refractivity contribution in [2.75, 3.05) is 0 Å². The van der Waals surface area contributed by atoms with Gasteiger partial charge < -0.3 is 0 Å². The van der Waals surface area contributed by atoms with Gasteiger partial charge in [0.1, 0.15) is 0 Å². The van der Waals surface area contributed by atoms with Crippen LogP contribution in [0.4, 0.5) is 0 Å². The Morgan fingerprint density at radius 1 is 0.302 bits per heavy atom. The lowest BCUT2D eigenvalue weighted by Gasteiger charge is -2.08. The second-order valence-corrected chi connectivity index (χ2v) is 9.79. The first kappa shape index (κ1) is 25.8. The molecule has 0 radical (unpaired) electrons. The summed E-state index contributed by atoms with van der Waals surface area (Å²) in [6.07, 6.45) is 10.5. The van der Waals surface area contributed by atoms with Crippen LogP contribution in [0.3, 0.4) is 0 Å². The zero-order valence-electron chi connectivity index (χ0n) is 23.1. The first-order chi connectivity index (χ1) is 21.2. The maximum Gasteiger partial charge on any atom is 0.202 e. The Labute approximate surface area is 247 Å². The second kappa shape index (κ2) is 11.4. The molecule has 204 valence electrons. The van der Waals surface area contributed by atoms with E-state index in [1.165, 1.54) is 5.56 Å². The predicted octanol–water partition coefficient (Wildman–Crippen LogP) is 6.55. The third-order valence-electron chi connectivity index (χ3n) is 6.79. The molecule has 43 heavy (non-hydrogen) atoms. The van der Waals surface area contributed by atoms with Gasteiger partial charge in [0.15, 0.2) is 17.5 Å². The van der Waals surface area contributed by atoms with E-state index in [-0.39, 0.29) is 17.5 Å². The van der Waals surface area contributed by atoms with Gasteiger partial charge in [-0.1, -0.05) is 90.5 Å². The number of rotatable bonds is 6. The minimum absolute atomic E-state index is 0.265. The summed E-state index contributed by atoms with van der Waals surface area (Å²) < 4.78 is 0. The zero-order valence-corrected chi connectivity index (χ0v) is 23.1. The minimum Gasteiger partial charge on any atom is -0.233 e. The number of nitrogens with zero attached hydrogens (tertiary/aromatic N) is 9. The molecule has 0 bridgehead atoms. The maximum absolute atomic E-state index is 4.65. The molecule has 0 N–H and O–H groups in total. The largest absolute Gasteiger partial charge is 0.233 e. The molecule has 9 nitrogen and oxygen atoms in total. The molecule has 0 aliphatic heterocycles. The molecular weight excluding hydrogens is 534 g/mol. The Balaban J connectivity index is 1.28. The Morgan fingerprint density at radius 2 is 0.605 bits per heavy atom. The van der Waals surface area contributed by atoms with E-state index in [0.717, 1.165) is 33.4 Å². The van der Waals surface area contributed by atoms with E-state index in [1.54, 1.807) is 37.2 Å². The lowest BCUT2D eigenvalue weighted by molar-refractivity contribution is 0.984. The highest BCUT2D eigenvalue weighted by atomic mass is 15.1. The molecule has 0 spiro atoms. The number of hydrogen-bond donors (Lipinski definition) is 0. The van der Waals surface area contributed by atoms with Crippen molar-refractivity contribution in [2.24, 2.45) is 0 Å². The topological polar surface area (TPSA) is 116 Å². The van der Waals surface area contributed by atoms with Gasteiger partial charge in [0, 0.05) is 53.9 Å². The van der Waals surface area contributed by atoms with Crippen LogP contribution in [-0.2, 0) is 0 Å². The molecule has 0 aliphatic rings. The summed E-state index contributed by atoms with van der Waals surface area (Å²) in [6, 6.07) is 28.0. The Kier molecular flexibility index (Phi) is 6.86. The van der Waals surface area contributed by atoms with Crippen molar-refractivity contribution in [2.45, 2.75) is 6.92 Å². The molecule has 0 saturated heterocycles. The van der Waals surface area contributed by atoms with E-state index < -0.39 is 0 Å². The smallest absolute Gasteiger partial charge is 0.202 e. The number of aromatic nitrogens is 9. The van der Waals surface area contributed by atoms with Crippen LogP contribution in [0.1, 0.15) is 5.56 Å².